The second kappa shape index (κ2) is 6.07. The van der Waals surface area contributed by atoms with Crippen LogP contribution >= 0.6 is 11.8 Å². The van der Waals surface area contributed by atoms with E-state index in [1.165, 1.54) is 0 Å². The molecule has 1 heterocycles. The van der Waals surface area contributed by atoms with E-state index in [2.05, 4.69) is 0 Å². The molecule has 0 bridgehead atoms. The molecule has 1 aliphatic rings. The molecule has 1 aromatic carbocycles. The topological polar surface area (TPSA) is 46.3 Å². The van der Waals surface area contributed by atoms with E-state index in [4.69, 9.17) is 5.73 Å². The molecule has 2 rings (SSSR count). The van der Waals surface area contributed by atoms with E-state index >= 15 is 0 Å². The average molecular weight is 250 g/mol. The minimum atomic E-state index is -0.515. The van der Waals surface area contributed by atoms with Gasteiger partial charge >= 0.3 is 0 Å². The highest BCUT2D eigenvalue weighted by Gasteiger charge is 2.22. The Hall–Kier alpha value is -1.00. The molecule has 0 spiro atoms. The summed E-state index contributed by atoms with van der Waals surface area (Å²) in [7, 11) is 0. The minimum Gasteiger partial charge on any atom is -0.340 e. The Morgan fingerprint density at radius 2 is 2.00 bits per heavy atom. The van der Waals surface area contributed by atoms with Gasteiger partial charge in [-0.3, -0.25) is 4.79 Å². The molecule has 0 radical (unpaired) electrons. The van der Waals surface area contributed by atoms with Crippen molar-refractivity contribution in [2.24, 2.45) is 5.73 Å². The first-order valence-electron chi connectivity index (χ1n) is 5.96. The molecular weight excluding hydrogens is 232 g/mol. The molecule has 2 N–H and O–H groups in total. The predicted molar refractivity (Wildman–Crippen MR) is 71.9 cm³/mol. The molecule has 1 unspecified atom stereocenters. The summed E-state index contributed by atoms with van der Waals surface area (Å²) < 4.78 is 0. The predicted octanol–water partition coefficient (Wildman–Crippen LogP) is 1.65. The highest BCUT2D eigenvalue weighted by molar-refractivity contribution is 7.99. The first kappa shape index (κ1) is 12.5. The van der Waals surface area contributed by atoms with Crippen LogP contribution in [0.15, 0.2) is 30.3 Å². The lowest BCUT2D eigenvalue weighted by Gasteiger charge is -2.23. The Labute approximate surface area is 106 Å². The van der Waals surface area contributed by atoms with Crippen molar-refractivity contribution >= 4 is 17.7 Å². The summed E-state index contributed by atoms with van der Waals surface area (Å²) in [6, 6.07) is 9.08. The number of hydrogen-bond acceptors (Lipinski definition) is 3. The lowest BCUT2D eigenvalue weighted by atomic mass is 10.1. The zero-order valence-electron chi connectivity index (χ0n) is 9.84. The van der Waals surface area contributed by atoms with Crippen LogP contribution in [-0.4, -0.2) is 35.4 Å². The van der Waals surface area contributed by atoms with E-state index in [-0.39, 0.29) is 5.91 Å². The Bertz CT molecular complexity index is 361. The molecule has 0 aliphatic carbocycles. The Balaban J connectivity index is 2.03. The molecule has 3 nitrogen and oxygen atoms in total. The monoisotopic (exact) mass is 250 g/mol. The summed E-state index contributed by atoms with van der Waals surface area (Å²) in [5.41, 5.74) is 6.92. The van der Waals surface area contributed by atoms with Crippen LogP contribution in [0.2, 0.25) is 0 Å². The molecule has 1 saturated heterocycles. The van der Waals surface area contributed by atoms with Crippen molar-refractivity contribution in [1.29, 1.82) is 0 Å². The number of thioether (sulfide) groups is 1. The van der Waals surface area contributed by atoms with Gasteiger partial charge in [0.25, 0.3) is 0 Å². The van der Waals surface area contributed by atoms with Crippen LogP contribution in [0.1, 0.15) is 18.0 Å². The van der Waals surface area contributed by atoms with E-state index in [1.807, 2.05) is 47.0 Å². The van der Waals surface area contributed by atoms with Gasteiger partial charge < -0.3 is 10.6 Å². The van der Waals surface area contributed by atoms with Crippen LogP contribution in [0, 0.1) is 0 Å². The van der Waals surface area contributed by atoms with E-state index in [9.17, 15) is 4.79 Å². The summed E-state index contributed by atoms with van der Waals surface area (Å²) in [6.45, 7) is 1.66. The quantitative estimate of drug-likeness (QED) is 0.868. The highest BCUT2D eigenvalue weighted by atomic mass is 32.2. The number of amides is 1. The number of nitrogens with two attached hydrogens (primary N) is 1. The van der Waals surface area contributed by atoms with Crippen LogP contribution in [0.4, 0.5) is 0 Å². The van der Waals surface area contributed by atoms with Gasteiger partial charge in [-0.1, -0.05) is 30.3 Å². The van der Waals surface area contributed by atoms with E-state index in [0.717, 1.165) is 36.6 Å². The SMILES string of the molecule is NC(C(=O)N1CCCSCC1)c1ccccc1. The fraction of sp³-hybridized carbons (Fsp3) is 0.462. The van der Waals surface area contributed by atoms with Gasteiger partial charge in [-0.2, -0.15) is 11.8 Å². The Kier molecular flexibility index (Phi) is 4.45. The molecule has 17 heavy (non-hydrogen) atoms. The number of carbonyl (C=O) groups is 1. The molecule has 0 saturated carbocycles. The van der Waals surface area contributed by atoms with Crippen molar-refractivity contribution in [3.8, 4) is 0 Å². The fourth-order valence-electron chi connectivity index (χ4n) is 1.97. The van der Waals surface area contributed by atoms with Gasteiger partial charge in [-0.25, -0.2) is 0 Å². The van der Waals surface area contributed by atoms with Crippen molar-refractivity contribution in [2.45, 2.75) is 12.5 Å². The summed E-state index contributed by atoms with van der Waals surface area (Å²) in [4.78, 5) is 14.1. The third-order valence-electron chi connectivity index (χ3n) is 2.96. The van der Waals surface area contributed by atoms with E-state index in [0.29, 0.717) is 0 Å². The third-order valence-corrected chi connectivity index (χ3v) is 4.01. The summed E-state index contributed by atoms with van der Waals surface area (Å²) in [5.74, 6) is 2.22. The van der Waals surface area contributed by atoms with E-state index in [1.54, 1.807) is 0 Å². The summed E-state index contributed by atoms with van der Waals surface area (Å²) in [6.07, 6.45) is 1.07. The largest absolute Gasteiger partial charge is 0.340 e. The van der Waals surface area contributed by atoms with Crippen molar-refractivity contribution in [2.75, 3.05) is 24.6 Å². The van der Waals surface area contributed by atoms with Crippen LogP contribution in [0.3, 0.4) is 0 Å². The Morgan fingerprint density at radius 3 is 2.76 bits per heavy atom. The van der Waals surface area contributed by atoms with Gasteiger partial charge in [-0.15, -0.1) is 0 Å². The van der Waals surface area contributed by atoms with Gasteiger partial charge in [0.15, 0.2) is 0 Å². The molecule has 1 aliphatic heterocycles. The van der Waals surface area contributed by atoms with Gasteiger partial charge in [0.2, 0.25) is 5.91 Å². The molecule has 1 atom stereocenters. The van der Waals surface area contributed by atoms with Crippen LogP contribution in [0.25, 0.3) is 0 Å². The standard InChI is InChI=1S/C13H18N2OS/c14-12(11-5-2-1-3-6-11)13(16)15-7-4-9-17-10-8-15/h1-3,5-6,12H,4,7-10,14H2. The maximum atomic E-state index is 12.2. The summed E-state index contributed by atoms with van der Waals surface area (Å²) in [5, 5.41) is 0. The maximum absolute atomic E-state index is 12.2. The minimum absolute atomic E-state index is 0.0544. The number of carbonyl (C=O) groups excluding carboxylic acids is 1. The summed E-state index contributed by atoms with van der Waals surface area (Å²) >= 11 is 1.91. The normalized spacial score (nSPS) is 18.5. The van der Waals surface area contributed by atoms with Crippen molar-refractivity contribution in [3.63, 3.8) is 0 Å². The molecule has 1 amide bonds. The molecular formula is C13H18N2OS. The molecule has 0 aromatic heterocycles. The van der Waals surface area contributed by atoms with Crippen molar-refractivity contribution in [1.82, 2.24) is 4.90 Å². The van der Waals surface area contributed by atoms with Gasteiger partial charge in [0.1, 0.15) is 6.04 Å². The molecule has 1 aromatic rings. The number of benzene rings is 1. The first-order chi connectivity index (χ1) is 8.29. The Morgan fingerprint density at radius 1 is 1.24 bits per heavy atom. The van der Waals surface area contributed by atoms with E-state index < -0.39 is 6.04 Å². The number of rotatable bonds is 2. The second-order valence-corrected chi connectivity index (χ2v) is 5.40. The second-order valence-electron chi connectivity index (χ2n) is 4.18. The average Bonchev–Trinajstić information content (AvgIpc) is 2.67. The highest BCUT2D eigenvalue weighted by Crippen LogP contribution is 2.16. The van der Waals surface area contributed by atoms with Crippen molar-refractivity contribution < 1.29 is 4.79 Å². The van der Waals surface area contributed by atoms with Gasteiger partial charge in [0, 0.05) is 18.8 Å². The fourth-order valence-corrected chi connectivity index (χ4v) is 2.85. The molecule has 4 heteroatoms. The van der Waals surface area contributed by atoms with Gasteiger partial charge in [0.05, 0.1) is 0 Å². The molecule has 92 valence electrons. The molecule has 1 fully saturated rings. The first-order valence-corrected chi connectivity index (χ1v) is 7.11. The smallest absolute Gasteiger partial charge is 0.244 e. The number of hydrogen-bond donors (Lipinski definition) is 1. The zero-order chi connectivity index (χ0) is 12.1. The van der Waals surface area contributed by atoms with Crippen LogP contribution in [0.5, 0.6) is 0 Å². The van der Waals surface area contributed by atoms with Crippen molar-refractivity contribution in [3.05, 3.63) is 35.9 Å². The zero-order valence-corrected chi connectivity index (χ0v) is 10.7. The lowest BCUT2D eigenvalue weighted by Crippen LogP contribution is -2.39. The maximum Gasteiger partial charge on any atom is 0.244 e. The third kappa shape index (κ3) is 3.23. The number of nitrogens with zero attached hydrogens (tertiary/aromatic N) is 1. The van der Waals surface area contributed by atoms with Crippen LogP contribution < -0.4 is 5.73 Å². The van der Waals surface area contributed by atoms with Crippen LogP contribution in [-0.2, 0) is 4.79 Å². The lowest BCUT2D eigenvalue weighted by molar-refractivity contribution is -0.132. The van der Waals surface area contributed by atoms with Gasteiger partial charge in [-0.05, 0) is 17.7 Å².